The average Bonchev–Trinajstić information content (AvgIpc) is 3.43. The largest absolute Gasteiger partial charge is 0.496 e. The van der Waals surface area contributed by atoms with Crippen LogP contribution in [0.2, 0.25) is 0 Å². The minimum absolute atomic E-state index is 0.297. The summed E-state index contributed by atoms with van der Waals surface area (Å²) in [5.74, 6) is 0.297. The summed E-state index contributed by atoms with van der Waals surface area (Å²) in [5.41, 5.74) is 5.30. The van der Waals surface area contributed by atoms with Crippen molar-refractivity contribution in [1.82, 2.24) is 19.4 Å². The smallest absolute Gasteiger partial charge is 0.247 e. The monoisotopic (exact) mass is 424 g/mol. The molecule has 0 atom stereocenters. The zero-order valence-corrected chi connectivity index (χ0v) is 17.6. The number of anilines is 1. The maximum absolute atomic E-state index is 11.6. The molecule has 4 aromatic rings. The number of nitriles is 1. The molecule has 0 aliphatic heterocycles. The molecule has 8 heteroatoms. The fourth-order valence-electron chi connectivity index (χ4n) is 3.39. The van der Waals surface area contributed by atoms with E-state index in [2.05, 4.69) is 28.2 Å². The van der Waals surface area contributed by atoms with Gasteiger partial charge in [-0.3, -0.25) is 9.48 Å². The molecule has 0 saturated carbocycles. The van der Waals surface area contributed by atoms with Crippen molar-refractivity contribution < 1.29 is 9.53 Å². The Morgan fingerprint density at radius 3 is 2.66 bits per heavy atom. The molecule has 0 unspecified atom stereocenters. The number of hydrogen-bond acceptors (Lipinski definition) is 5. The van der Waals surface area contributed by atoms with E-state index in [0.29, 0.717) is 22.5 Å². The predicted octanol–water partition coefficient (Wildman–Crippen LogP) is 3.91. The van der Waals surface area contributed by atoms with E-state index in [1.807, 2.05) is 43.7 Å². The van der Waals surface area contributed by atoms with E-state index in [9.17, 15) is 10.1 Å². The highest BCUT2D eigenvalue weighted by atomic mass is 16.5. The number of aromatic nitrogens is 4. The number of amides is 1. The zero-order chi connectivity index (χ0) is 22.7. The van der Waals surface area contributed by atoms with Crippen LogP contribution < -0.4 is 10.1 Å². The van der Waals surface area contributed by atoms with Gasteiger partial charge in [-0.2, -0.15) is 15.5 Å². The van der Waals surface area contributed by atoms with Crippen LogP contribution in [0.4, 0.5) is 5.69 Å². The van der Waals surface area contributed by atoms with Gasteiger partial charge in [-0.05, 0) is 24.3 Å². The van der Waals surface area contributed by atoms with Crippen LogP contribution in [0, 0.1) is 11.3 Å². The topological polar surface area (TPSA) is 97.2 Å². The number of ether oxygens (including phenoxy) is 1. The van der Waals surface area contributed by atoms with Gasteiger partial charge in [0.1, 0.15) is 11.8 Å². The number of benzene rings is 1. The summed E-state index contributed by atoms with van der Waals surface area (Å²) in [5, 5.41) is 20.8. The number of nitrogens with zero attached hydrogens (tertiary/aromatic N) is 5. The van der Waals surface area contributed by atoms with Crippen LogP contribution in [0.15, 0.2) is 61.7 Å². The van der Waals surface area contributed by atoms with Gasteiger partial charge in [0.25, 0.3) is 0 Å². The Labute approximate surface area is 184 Å². The zero-order valence-electron chi connectivity index (χ0n) is 17.6. The Bertz CT molecular complexity index is 1400. The summed E-state index contributed by atoms with van der Waals surface area (Å²) < 4.78 is 8.93. The van der Waals surface area contributed by atoms with Crippen molar-refractivity contribution in [2.24, 2.45) is 7.05 Å². The van der Waals surface area contributed by atoms with Gasteiger partial charge in [-0.15, -0.1) is 0 Å². The Morgan fingerprint density at radius 1 is 1.16 bits per heavy atom. The minimum atomic E-state index is -0.297. The van der Waals surface area contributed by atoms with E-state index < -0.39 is 0 Å². The lowest BCUT2D eigenvalue weighted by Crippen LogP contribution is -2.07. The molecule has 0 bridgehead atoms. The molecule has 158 valence electrons. The standard InChI is InChI=1S/C24H20N6O2/c1-4-23(31)28-21-8-7-16(22(10-21)32-3)5-6-17-9-18(20-13-26-29(2)14-20)15-30-24(17)19(11-25)12-27-30/h4-10,12-15H,1H2,2-3H3,(H,28,31)/b6-5+. The average molecular weight is 424 g/mol. The van der Waals surface area contributed by atoms with Crippen LogP contribution in [-0.2, 0) is 11.8 Å². The minimum Gasteiger partial charge on any atom is -0.496 e. The second-order valence-electron chi connectivity index (χ2n) is 7.03. The molecular formula is C24H20N6O2. The predicted molar refractivity (Wildman–Crippen MR) is 123 cm³/mol. The first kappa shape index (κ1) is 20.6. The summed E-state index contributed by atoms with van der Waals surface area (Å²) in [6, 6.07) is 9.56. The molecule has 0 radical (unpaired) electrons. The Balaban J connectivity index is 1.78. The van der Waals surface area contributed by atoms with Gasteiger partial charge >= 0.3 is 0 Å². The van der Waals surface area contributed by atoms with Crippen molar-refractivity contribution in [3.63, 3.8) is 0 Å². The molecule has 4 rings (SSSR count). The van der Waals surface area contributed by atoms with Crippen molar-refractivity contribution in [2.75, 3.05) is 12.4 Å². The molecule has 3 heterocycles. The molecule has 0 fully saturated rings. The quantitative estimate of drug-likeness (QED) is 0.473. The van der Waals surface area contributed by atoms with E-state index >= 15 is 0 Å². The van der Waals surface area contributed by atoms with Crippen LogP contribution >= 0.6 is 0 Å². The van der Waals surface area contributed by atoms with E-state index in [1.54, 1.807) is 40.8 Å². The van der Waals surface area contributed by atoms with Crippen molar-refractivity contribution in [2.45, 2.75) is 0 Å². The first-order chi connectivity index (χ1) is 15.5. The third-order valence-corrected chi connectivity index (χ3v) is 4.93. The first-order valence-electron chi connectivity index (χ1n) is 9.72. The summed E-state index contributed by atoms with van der Waals surface area (Å²) in [6.07, 6.45) is 12.1. The van der Waals surface area contributed by atoms with E-state index in [-0.39, 0.29) is 5.91 Å². The molecule has 8 nitrogen and oxygen atoms in total. The normalized spacial score (nSPS) is 10.9. The number of fused-ring (bicyclic) bond motifs is 1. The maximum Gasteiger partial charge on any atom is 0.247 e. The lowest BCUT2D eigenvalue weighted by molar-refractivity contribution is -0.111. The van der Waals surface area contributed by atoms with Gasteiger partial charge in [-0.25, -0.2) is 4.52 Å². The molecule has 0 aliphatic carbocycles. The lowest BCUT2D eigenvalue weighted by atomic mass is 10.0. The number of rotatable bonds is 6. The molecule has 1 N–H and O–H groups in total. The number of hydrogen-bond donors (Lipinski definition) is 1. The third-order valence-electron chi connectivity index (χ3n) is 4.93. The van der Waals surface area contributed by atoms with Crippen molar-refractivity contribution in [3.05, 3.63) is 78.4 Å². The highest BCUT2D eigenvalue weighted by Crippen LogP contribution is 2.28. The Morgan fingerprint density at radius 2 is 1.97 bits per heavy atom. The molecule has 0 saturated heterocycles. The maximum atomic E-state index is 11.6. The summed E-state index contributed by atoms with van der Waals surface area (Å²) in [7, 11) is 3.43. The van der Waals surface area contributed by atoms with Crippen LogP contribution in [-0.4, -0.2) is 32.4 Å². The van der Waals surface area contributed by atoms with Gasteiger partial charge < -0.3 is 10.1 Å². The molecule has 0 spiro atoms. The van der Waals surface area contributed by atoms with Gasteiger partial charge in [0.05, 0.1) is 30.6 Å². The molecule has 32 heavy (non-hydrogen) atoms. The van der Waals surface area contributed by atoms with Gasteiger partial charge in [0.2, 0.25) is 5.91 Å². The van der Waals surface area contributed by atoms with Crippen molar-refractivity contribution >= 4 is 29.3 Å². The lowest BCUT2D eigenvalue weighted by Gasteiger charge is -2.09. The van der Waals surface area contributed by atoms with Crippen LogP contribution in [0.1, 0.15) is 16.7 Å². The number of methoxy groups -OCH3 is 1. The van der Waals surface area contributed by atoms with Crippen molar-refractivity contribution in [1.29, 1.82) is 5.26 Å². The molecule has 0 aliphatic rings. The summed E-state index contributed by atoms with van der Waals surface area (Å²) in [4.78, 5) is 11.6. The van der Waals surface area contributed by atoms with Crippen LogP contribution in [0.5, 0.6) is 5.75 Å². The highest BCUT2D eigenvalue weighted by Gasteiger charge is 2.12. The second kappa shape index (κ2) is 8.62. The van der Waals surface area contributed by atoms with Gasteiger partial charge in [-0.1, -0.05) is 18.7 Å². The second-order valence-corrected chi connectivity index (χ2v) is 7.03. The van der Waals surface area contributed by atoms with E-state index in [4.69, 9.17) is 4.74 Å². The molecule has 1 amide bonds. The summed E-state index contributed by atoms with van der Waals surface area (Å²) >= 11 is 0. The number of carbonyl (C=O) groups is 1. The van der Waals surface area contributed by atoms with Crippen molar-refractivity contribution in [3.8, 4) is 22.9 Å². The van der Waals surface area contributed by atoms with Gasteiger partial charge in [0, 0.05) is 53.4 Å². The van der Waals surface area contributed by atoms with Gasteiger partial charge in [0.15, 0.2) is 0 Å². The summed E-state index contributed by atoms with van der Waals surface area (Å²) in [6.45, 7) is 3.46. The third kappa shape index (κ3) is 4.00. The van der Waals surface area contributed by atoms with E-state index in [0.717, 1.165) is 22.3 Å². The molecular weight excluding hydrogens is 404 g/mol. The molecule has 1 aromatic carbocycles. The number of aryl methyl sites for hydroxylation is 1. The number of nitrogens with one attached hydrogen (secondary N) is 1. The highest BCUT2D eigenvalue weighted by molar-refractivity contribution is 5.99. The fraction of sp³-hybridized carbons (Fsp3) is 0.0833. The number of carbonyl (C=O) groups excluding carboxylic acids is 1. The van der Waals surface area contributed by atoms with E-state index in [1.165, 1.54) is 6.08 Å². The molecule has 3 aromatic heterocycles. The first-order valence-corrected chi connectivity index (χ1v) is 9.72. The number of pyridine rings is 1. The fourth-order valence-corrected chi connectivity index (χ4v) is 3.39. The Hall–Kier alpha value is -4.64. The SMILES string of the molecule is C=CC(=O)Nc1ccc(/C=C/c2cc(-c3cnn(C)c3)cn3ncc(C#N)c23)c(OC)c1. The van der Waals surface area contributed by atoms with Crippen LogP contribution in [0.25, 0.3) is 28.8 Å². The van der Waals surface area contributed by atoms with Crippen LogP contribution in [0.3, 0.4) is 0 Å². The Kier molecular flexibility index (Phi) is 5.55.